The number of aliphatic hydroxyl groups is 1. The first-order valence-corrected chi connectivity index (χ1v) is 9.53. The Kier molecular flexibility index (Phi) is 7.83. The Morgan fingerprint density at radius 1 is 1.24 bits per heavy atom. The Balaban J connectivity index is 1.95. The molecule has 4 amide bonds. The molecule has 9 nitrogen and oxygen atoms in total. The molecular weight excluding hydrogens is 378 g/mol. The van der Waals surface area contributed by atoms with E-state index >= 15 is 0 Å². The first kappa shape index (κ1) is 22.5. The molecule has 1 fully saturated rings. The third-order valence-corrected chi connectivity index (χ3v) is 4.90. The molecule has 0 bridgehead atoms. The standard InChI is InChI=1S/C20H29N3O6/c1-12(2)15(11-24)21-18(25)8-6-14-19(26)23(20(27)22-14)10-13-5-7-16(28-3)17(9-13)29-4/h5,7,9,12,14-15,24H,6,8,10-11H2,1-4H3,(H,21,25)(H,22,27)/t14-,15+/m1/s1. The number of aliphatic hydroxyl groups excluding tert-OH is 1. The van der Waals surface area contributed by atoms with Gasteiger partial charge in [-0.2, -0.15) is 0 Å². The number of imide groups is 1. The molecular formula is C20H29N3O6. The average molecular weight is 407 g/mol. The van der Waals surface area contributed by atoms with Crippen molar-refractivity contribution in [2.45, 2.75) is 45.3 Å². The molecule has 160 valence electrons. The van der Waals surface area contributed by atoms with Crippen molar-refractivity contribution in [2.24, 2.45) is 5.92 Å². The van der Waals surface area contributed by atoms with Crippen molar-refractivity contribution in [2.75, 3.05) is 20.8 Å². The number of ether oxygens (including phenoxy) is 2. The van der Waals surface area contributed by atoms with Crippen LogP contribution in [0.25, 0.3) is 0 Å². The highest BCUT2D eigenvalue weighted by Crippen LogP contribution is 2.28. The van der Waals surface area contributed by atoms with E-state index in [9.17, 15) is 19.5 Å². The Bertz CT molecular complexity index is 752. The maximum absolute atomic E-state index is 12.6. The van der Waals surface area contributed by atoms with Gasteiger partial charge in [-0.3, -0.25) is 14.5 Å². The van der Waals surface area contributed by atoms with Crippen LogP contribution in [0.1, 0.15) is 32.3 Å². The van der Waals surface area contributed by atoms with E-state index < -0.39 is 12.1 Å². The number of carbonyl (C=O) groups is 3. The van der Waals surface area contributed by atoms with E-state index in [1.807, 2.05) is 13.8 Å². The van der Waals surface area contributed by atoms with Gasteiger partial charge in [-0.1, -0.05) is 19.9 Å². The van der Waals surface area contributed by atoms with Gasteiger partial charge in [0.15, 0.2) is 11.5 Å². The average Bonchev–Trinajstić information content (AvgIpc) is 2.97. The summed E-state index contributed by atoms with van der Waals surface area (Å²) in [4.78, 5) is 38.1. The molecule has 0 radical (unpaired) electrons. The molecule has 1 heterocycles. The predicted octanol–water partition coefficient (Wildman–Crippen LogP) is 1.04. The van der Waals surface area contributed by atoms with Gasteiger partial charge in [0.2, 0.25) is 5.91 Å². The zero-order chi connectivity index (χ0) is 21.6. The highest BCUT2D eigenvalue weighted by Gasteiger charge is 2.38. The quantitative estimate of drug-likeness (QED) is 0.499. The monoisotopic (exact) mass is 407 g/mol. The highest BCUT2D eigenvalue weighted by molar-refractivity contribution is 6.04. The molecule has 29 heavy (non-hydrogen) atoms. The second-order valence-corrected chi connectivity index (χ2v) is 7.26. The van der Waals surface area contributed by atoms with Gasteiger partial charge in [0.1, 0.15) is 6.04 Å². The minimum atomic E-state index is -0.750. The van der Waals surface area contributed by atoms with Gasteiger partial charge in [-0.25, -0.2) is 4.79 Å². The smallest absolute Gasteiger partial charge is 0.325 e. The van der Waals surface area contributed by atoms with Crippen LogP contribution in [0, 0.1) is 5.92 Å². The van der Waals surface area contributed by atoms with Crippen molar-refractivity contribution in [1.29, 1.82) is 0 Å². The van der Waals surface area contributed by atoms with Crippen LogP contribution >= 0.6 is 0 Å². The largest absolute Gasteiger partial charge is 0.493 e. The van der Waals surface area contributed by atoms with Crippen molar-refractivity contribution in [3.05, 3.63) is 23.8 Å². The van der Waals surface area contributed by atoms with E-state index in [2.05, 4.69) is 10.6 Å². The molecule has 0 aromatic heterocycles. The summed E-state index contributed by atoms with van der Waals surface area (Å²) in [5, 5.41) is 14.7. The van der Waals surface area contributed by atoms with Crippen LogP contribution in [0.5, 0.6) is 11.5 Å². The van der Waals surface area contributed by atoms with Crippen LogP contribution in [0.3, 0.4) is 0 Å². The number of urea groups is 1. The third-order valence-electron chi connectivity index (χ3n) is 4.90. The number of hydrogen-bond donors (Lipinski definition) is 3. The second-order valence-electron chi connectivity index (χ2n) is 7.26. The zero-order valence-corrected chi connectivity index (χ0v) is 17.2. The molecule has 0 unspecified atom stereocenters. The van der Waals surface area contributed by atoms with Gasteiger partial charge in [0.25, 0.3) is 5.91 Å². The van der Waals surface area contributed by atoms with Crippen LogP contribution in [-0.4, -0.2) is 60.8 Å². The number of methoxy groups -OCH3 is 2. The molecule has 1 aliphatic heterocycles. The Labute approximate surface area is 170 Å². The summed E-state index contributed by atoms with van der Waals surface area (Å²) >= 11 is 0. The Hall–Kier alpha value is -2.81. The molecule has 2 atom stereocenters. The van der Waals surface area contributed by atoms with Gasteiger partial charge in [0.05, 0.1) is 33.4 Å². The minimum absolute atomic E-state index is 0.0735. The van der Waals surface area contributed by atoms with Crippen molar-refractivity contribution in [1.82, 2.24) is 15.5 Å². The summed E-state index contributed by atoms with van der Waals surface area (Å²) in [5.41, 5.74) is 0.715. The summed E-state index contributed by atoms with van der Waals surface area (Å²) in [5.74, 6) is 0.515. The normalized spacial score (nSPS) is 17.3. The molecule has 0 saturated carbocycles. The lowest BCUT2D eigenvalue weighted by molar-refractivity contribution is -0.128. The van der Waals surface area contributed by atoms with Crippen LogP contribution in [0.15, 0.2) is 18.2 Å². The van der Waals surface area contributed by atoms with Crippen molar-refractivity contribution in [3.63, 3.8) is 0 Å². The molecule has 1 aromatic rings. The first-order chi connectivity index (χ1) is 13.8. The van der Waals surface area contributed by atoms with Gasteiger partial charge in [-0.15, -0.1) is 0 Å². The number of amides is 4. The topological polar surface area (TPSA) is 117 Å². The fraction of sp³-hybridized carbons (Fsp3) is 0.550. The molecule has 1 aliphatic rings. The van der Waals surface area contributed by atoms with E-state index in [0.717, 1.165) is 4.90 Å². The number of benzene rings is 1. The molecule has 2 rings (SSSR count). The zero-order valence-electron chi connectivity index (χ0n) is 17.2. The number of rotatable bonds is 10. The van der Waals surface area contributed by atoms with Gasteiger partial charge in [0, 0.05) is 6.42 Å². The summed E-state index contributed by atoms with van der Waals surface area (Å²) in [6.07, 6.45) is 0.263. The molecule has 0 aliphatic carbocycles. The first-order valence-electron chi connectivity index (χ1n) is 9.53. The van der Waals surface area contributed by atoms with E-state index in [1.165, 1.54) is 14.2 Å². The van der Waals surface area contributed by atoms with Crippen LogP contribution in [0.4, 0.5) is 4.79 Å². The van der Waals surface area contributed by atoms with E-state index in [0.29, 0.717) is 17.1 Å². The van der Waals surface area contributed by atoms with Gasteiger partial charge in [-0.05, 0) is 30.0 Å². The maximum atomic E-state index is 12.6. The molecule has 1 aromatic carbocycles. The summed E-state index contributed by atoms with van der Waals surface area (Å²) in [6.45, 7) is 3.73. The summed E-state index contributed by atoms with van der Waals surface area (Å²) in [7, 11) is 3.04. The molecule has 1 saturated heterocycles. The molecule has 0 spiro atoms. The number of nitrogens with zero attached hydrogens (tertiary/aromatic N) is 1. The maximum Gasteiger partial charge on any atom is 0.325 e. The summed E-state index contributed by atoms with van der Waals surface area (Å²) < 4.78 is 10.4. The Morgan fingerprint density at radius 3 is 2.52 bits per heavy atom. The van der Waals surface area contributed by atoms with E-state index in [1.54, 1.807) is 18.2 Å². The molecule has 9 heteroatoms. The minimum Gasteiger partial charge on any atom is -0.493 e. The van der Waals surface area contributed by atoms with Crippen LogP contribution in [0.2, 0.25) is 0 Å². The predicted molar refractivity (Wildman–Crippen MR) is 106 cm³/mol. The van der Waals surface area contributed by atoms with Crippen LogP contribution in [-0.2, 0) is 16.1 Å². The van der Waals surface area contributed by atoms with Crippen molar-refractivity contribution < 1.29 is 29.0 Å². The van der Waals surface area contributed by atoms with Gasteiger partial charge >= 0.3 is 6.03 Å². The fourth-order valence-corrected chi connectivity index (χ4v) is 3.06. The van der Waals surface area contributed by atoms with E-state index in [4.69, 9.17) is 9.47 Å². The highest BCUT2D eigenvalue weighted by atomic mass is 16.5. The van der Waals surface area contributed by atoms with E-state index in [-0.39, 0.29) is 49.8 Å². The fourth-order valence-electron chi connectivity index (χ4n) is 3.06. The number of hydrogen-bond acceptors (Lipinski definition) is 6. The van der Waals surface area contributed by atoms with Crippen molar-refractivity contribution >= 4 is 17.8 Å². The third kappa shape index (κ3) is 5.60. The second kappa shape index (κ2) is 10.1. The lowest BCUT2D eigenvalue weighted by atomic mass is 10.0. The number of carbonyl (C=O) groups excluding carboxylic acids is 3. The molecule has 3 N–H and O–H groups in total. The SMILES string of the molecule is COc1ccc(CN2C(=O)N[C@H](CCC(=O)N[C@@H](CO)C(C)C)C2=O)cc1OC. The Morgan fingerprint density at radius 2 is 1.93 bits per heavy atom. The number of nitrogens with one attached hydrogen (secondary N) is 2. The van der Waals surface area contributed by atoms with Crippen molar-refractivity contribution in [3.8, 4) is 11.5 Å². The van der Waals surface area contributed by atoms with Gasteiger partial charge < -0.3 is 25.2 Å². The van der Waals surface area contributed by atoms with Crippen LogP contribution < -0.4 is 20.1 Å². The lowest BCUT2D eigenvalue weighted by Gasteiger charge is -2.20. The lowest BCUT2D eigenvalue weighted by Crippen LogP contribution is -2.42. The summed E-state index contributed by atoms with van der Waals surface area (Å²) in [6, 6.07) is 3.59.